The van der Waals surface area contributed by atoms with Crippen LogP contribution in [0.5, 0.6) is 0 Å². The highest BCUT2D eigenvalue weighted by Crippen LogP contribution is 2.22. The molecule has 27 heavy (non-hydrogen) atoms. The third-order valence-corrected chi connectivity index (χ3v) is 5.86. The minimum Gasteiger partial charge on any atom is -0.364 e. The van der Waals surface area contributed by atoms with Crippen LogP contribution in [-0.2, 0) is 22.7 Å². The summed E-state index contributed by atoms with van der Waals surface area (Å²) in [5, 5.41) is 3.04. The van der Waals surface area contributed by atoms with E-state index in [0.717, 1.165) is 36.4 Å². The number of carbonyl (C=O) groups is 1. The van der Waals surface area contributed by atoms with E-state index in [-0.39, 0.29) is 5.91 Å². The Balaban J connectivity index is 1.57. The summed E-state index contributed by atoms with van der Waals surface area (Å²) in [7, 11) is 0. The van der Waals surface area contributed by atoms with Gasteiger partial charge in [-0.3, -0.25) is 9.69 Å². The smallest absolute Gasteiger partial charge is 0.253 e. The Morgan fingerprint density at radius 1 is 1.15 bits per heavy atom. The van der Waals surface area contributed by atoms with E-state index in [9.17, 15) is 4.79 Å². The lowest BCUT2D eigenvalue weighted by molar-refractivity contribution is -0.127. The van der Waals surface area contributed by atoms with E-state index in [2.05, 4.69) is 23.2 Å². The monoisotopic (exact) mass is 384 g/mol. The first kappa shape index (κ1) is 19.9. The third kappa shape index (κ3) is 5.83. The summed E-state index contributed by atoms with van der Waals surface area (Å²) < 4.78 is 5.73. The number of ether oxygens (including phenoxy) is 1. The van der Waals surface area contributed by atoms with E-state index < -0.39 is 6.10 Å². The third-order valence-electron chi connectivity index (χ3n) is 4.91. The zero-order valence-electron chi connectivity index (χ0n) is 16.1. The Morgan fingerprint density at radius 3 is 2.63 bits per heavy atom. The molecule has 3 rings (SSSR count). The SMILES string of the molecule is Cc1c(CN2CCSCC2)cccc1NC(=O)C(C)OCc1ccccc1. The number of hydrogen-bond donors (Lipinski definition) is 1. The summed E-state index contributed by atoms with van der Waals surface area (Å²) in [6.07, 6.45) is -0.507. The molecule has 5 heteroatoms. The van der Waals surface area contributed by atoms with Crippen molar-refractivity contribution in [2.45, 2.75) is 33.1 Å². The molecule has 1 amide bonds. The van der Waals surface area contributed by atoms with Crippen LogP contribution >= 0.6 is 11.8 Å². The Bertz CT molecular complexity index is 745. The maximum absolute atomic E-state index is 12.5. The maximum Gasteiger partial charge on any atom is 0.253 e. The molecular weight excluding hydrogens is 356 g/mol. The minimum absolute atomic E-state index is 0.111. The number of hydrogen-bond acceptors (Lipinski definition) is 4. The van der Waals surface area contributed by atoms with Gasteiger partial charge in [0.15, 0.2) is 0 Å². The second-order valence-electron chi connectivity index (χ2n) is 6.91. The van der Waals surface area contributed by atoms with Gasteiger partial charge in [0.2, 0.25) is 0 Å². The zero-order chi connectivity index (χ0) is 19.1. The van der Waals surface area contributed by atoms with E-state index in [1.165, 1.54) is 17.1 Å². The van der Waals surface area contributed by atoms with Crippen LogP contribution in [0.2, 0.25) is 0 Å². The molecule has 1 unspecified atom stereocenters. The number of thioether (sulfide) groups is 1. The molecule has 1 fully saturated rings. The maximum atomic E-state index is 12.5. The molecule has 0 spiro atoms. The van der Waals surface area contributed by atoms with Crippen molar-refractivity contribution in [3.8, 4) is 0 Å². The van der Waals surface area contributed by atoms with Gasteiger partial charge in [-0.25, -0.2) is 0 Å². The van der Waals surface area contributed by atoms with Crippen molar-refractivity contribution < 1.29 is 9.53 Å². The molecule has 0 aromatic heterocycles. The molecule has 144 valence electrons. The van der Waals surface area contributed by atoms with Crippen LogP contribution in [0, 0.1) is 6.92 Å². The number of nitrogens with one attached hydrogen (secondary N) is 1. The molecule has 0 radical (unpaired) electrons. The molecule has 1 atom stereocenters. The van der Waals surface area contributed by atoms with Crippen LogP contribution in [0.1, 0.15) is 23.6 Å². The van der Waals surface area contributed by atoms with Crippen LogP contribution in [0.25, 0.3) is 0 Å². The van der Waals surface area contributed by atoms with Crippen molar-refractivity contribution in [2.24, 2.45) is 0 Å². The van der Waals surface area contributed by atoms with Crippen LogP contribution in [0.4, 0.5) is 5.69 Å². The number of anilines is 1. The minimum atomic E-state index is -0.507. The molecule has 0 saturated carbocycles. The van der Waals surface area contributed by atoms with Crippen molar-refractivity contribution in [1.29, 1.82) is 0 Å². The lowest BCUT2D eigenvalue weighted by Gasteiger charge is -2.27. The molecule has 0 aliphatic carbocycles. The van der Waals surface area contributed by atoms with Crippen molar-refractivity contribution in [2.75, 3.05) is 29.9 Å². The van der Waals surface area contributed by atoms with Crippen LogP contribution in [0.15, 0.2) is 48.5 Å². The molecule has 2 aromatic carbocycles. The average Bonchev–Trinajstić information content (AvgIpc) is 2.70. The Kier molecular flexibility index (Phi) is 7.33. The summed E-state index contributed by atoms with van der Waals surface area (Å²) in [4.78, 5) is 15.0. The average molecular weight is 385 g/mol. The Morgan fingerprint density at radius 2 is 1.89 bits per heavy atom. The lowest BCUT2D eigenvalue weighted by atomic mass is 10.1. The van der Waals surface area contributed by atoms with E-state index in [0.29, 0.717) is 6.61 Å². The summed E-state index contributed by atoms with van der Waals surface area (Å²) in [5.74, 6) is 2.29. The fourth-order valence-electron chi connectivity index (χ4n) is 3.10. The van der Waals surface area contributed by atoms with Gasteiger partial charge in [-0.2, -0.15) is 11.8 Å². The fourth-order valence-corrected chi connectivity index (χ4v) is 4.07. The van der Waals surface area contributed by atoms with Crippen LogP contribution < -0.4 is 5.32 Å². The summed E-state index contributed by atoms with van der Waals surface area (Å²) >= 11 is 2.02. The van der Waals surface area contributed by atoms with Gasteiger partial charge in [0.05, 0.1) is 6.61 Å². The molecule has 1 aliphatic rings. The van der Waals surface area contributed by atoms with E-state index in [4.69, 9.17) is 4.74 Å². The van der Waals surface area contributed by atoms with Gasteiger partial charge in [0.25, 0.3) is 5.91 Å². The highest BCUT2D eigenvalue weighted by Gasteiger charge is 2.17. The second-order valence-corrected chi connectivity index (χ2v) is 8.13. The standard InChI is InChI=1S/C22H28N2O2S/c1-17-20(15-24-11-13-27-14-12-24)9-6-10-21(17)23-22(25)18(2)26-16-19-7-4-3-5-8-19/h3-10,18H,11-16H2,1-2H3,(H,23,25). The lowest BCUT2D eigenvalue weighted by Crippen LogP contribution is -2.32. The fraction of sp³-hybridized carbons (Fsp3) is 0.409. The van der Waals surface area contributed by atoms with Gasteiger partial charge >= 0.3 is 0 Å². The summed E-state index contributed by atoms with van der Waals surface area (Å²) in [6, 6.07) is 16.0. The topological polar surface area (TPSA) is 41.6 Å². The molecule has 4 nitrogen and oxygen atoms in total. The molecule has 1 saturated heterocycles. The van der Waals surface area contributed by atoms with Crippen molar-refractivity contribution in [3.05, 3.63) is 65.2 Å². The first-order valence-corrected chi connectivity index (χ1v) is 10.6. The largest absolute Gasteiger partial charge is 0.364 e. The van der Waals surface area contributed by atoms with Crippen molar-refractivity contribution >= 4 is 23.4 Å². The zero-order valence-corrected chi connectivity index (χ0v) is 16.9. The Labute approximate surface area is 166 Å². The number of benzene rings is 2. The van der Waals surface area contributed by atoms with E-state index >= 15 is 0 Å². The Hall–Kier alpha value is -1.82. The van der Waals surface area contributed by atoms with Gasteiger partial charge in [-0.15, -0.1) is 0 Å². The predicted molar refractivity (Wildman–Crippen MR) is 113 cm³/mol. The number of rotatable bonds is 7. The van der Waals surface area contributed by atoms with Crippen LogP contribution in [0.3, 0.4) is 0 Å². The van der Waals surface area contributed by atoms with Gasteiger partial charge in [-0.1, -0.05) is 42.5 Å². The number of amides is 1. The van der Waals surface area contributed by atoms with Gasteiger partial charge in [0.1, 0.15) is 6.10 Å². The first-order valence-electron chi connectivity index (χ1n) is 9.48. The predicted octanol–water partition coefficient (Wildman–Crippen LogP) is 4.09. The highest BCUT2D eigenvalue weighted by molar-refractivity contribution is 7.99. The molecule has 0 bridgehead atoms. The van der Waals surface area contributed by atoms with E-state index in [1.807, 2.05) is 54.2 Å². The van der Waals surface area contributed by atoms with Crippen LogP contribution in [-0.4, -0.2) is 41.5 Å². The van der Waals surface area contributed by atoms with Crippen molar-refractivity contribution in [1.82, 2.24) is 4.90 Å². The van der Waals surface area contributed by atoms with Crippen molar-refractivity contribution in [3.63, 3.8) is 0 Å². The molecule has 1 N–H and O–H groups in total. The number of nitrogens with zero attached hydrogens (tertiary/aromatic N) is 1. The quantitative estimate of drug-likeness (QED) is 0.781. The van der Waals surface area contributed by atoms with Gasteiger partial charge in [0, 0.05) is 36.8 Å². The normalized spacial score (nSPS) is 16.1. The van der Waals surface area contributed by atoms with Gasteiger partial charge < -0.3 is 10.1 Å². The summed E-state index contributed by atoms with van der Waals surface area (Å²) in [5.41, 5.74) is 4.35. The second kappa shape index (κ2) is 9.93. The first-order chi connectivity index (χ1) is 13.1. The van der Waals surface area contributed by atoms with Gasteiger partial charge in [-0.05, 0) is 36.6 Å². The summed E-state index contributed by atoms with van der Waals surface area (Å²) in [6.45, 7) is 7.51. The number of carbonyl (C=O) groups excluding carboxylic acids is 1. The molecular formula is C22H28N2O2S. The molecule has 1 aliphatic heterocycles. The highest BCUT2D eigenvalue weighted by atomic mass is 32.2. The van der Waals surface area contributed by atoms with E-state index in [1.54, 1.807) is 6.92 Å². The molecule has 2 aromatic rings. The molecule has 1 heterocycles.